The highest BCUT2D eigenvalue weighted by molar-refractivity contribution is 5.15. The number of likely N-dealkylation sites (tertiary alicyclic amines) is 1. The summed E-state index contributed by atoms with van der Waals surface area (Å²) in [5.41, 5.74) is 1.30. The standard InChI is InChI=1S/C15H24N2O/c1-16-15(13-18)9-5-10-17(12-15)11-8-14-6-3-2-4-7-14/h2-4,6-7,16,18H,5,8-13H2,1H3. The van der Waals surface area contributed by atoms with Crippen LogP contribution in [0.4, 0.5) is 0 Å². The van der Waals surface area contributed by atoms with E-state index in [0.717, 1.165) is 38.9 Å². The summed E-state index contributed by atoms with van der Waals surface area (Å²) < 4.78 is 0. The fourth-order valence-corrected chi connectivity index (χ4v) is 2.76. The number of rotatable bonds is 5. The second-order valence-electron chi connectivity index (χ2n) is 5.30. The van der Waals surface area contributed by atoms with Crippen molar-refractivity contribution in [3.63, 3.8) is 0 Å². The minimum Gasteiger partial charge on any atom is -0.394 e. The predicted molar refractivity (Wildman–Crippen MR) is 74.7 cm³/mol. The van der Waals surface area contributed by atoms with Crippen molar-refractivity contribution < 1.29 is 5.11 Å². The number of aliphatic hydroxyl groups is 1. The third kappa shape index (κ3) is 3.31. The number of aliphatic hydroxyl groups excluding tert-OH is 1. The number of nitrogens with zero attached hydrogens (tertiary/aromatic N) is 1. The summed E-state index contributed by atoms with van der Waals surface area (Å²) in [5, 5.41) is 12.9. The lowest BCUT2D eigenvalue weighted by Crippen LogP contribution is -2.58. The molecule has 3 nitrogen and oxygen atoms in total. The molecule has 18 heavy (non-hydrogen) atoms. The highest BCUT2D eigenvalue weighted by Gasteiger charge is 2.32. The van der Waals surface area contributed by atoms with E-state index in [2.05, 4.69) is 40.5 Å². The molecule has 0 bridgehead atoms. The molecule has 0 aliphatic carbocycles. The Morgan fingerprint density at radius 1 is 1.33 bits per heavy atom. The highest BCUT2D eigenvalue weighted by Crippen LogP contribution is 2.20. The number of benzene rings is 1. The molecule has 2 N–H and O–H groups in total. The topological polar surface area (TPSA) is 35.5 Å². The van der Waals surface area contributed by atoms with E-state index in [1.165, 1.54) is 5.56 Å². The van der Waals surface area contributed by atoms with Gasteiger partial charge in [-0.15, -0.1) is 0 Å². The van der Waals surface area contributed by atoms with E-state index < -0.39 is 0 Å². The minimum atomic E-state index is -0.0884. The summed E-state index contributed by atoms with van der Waals surface area (Å²) >= 11 is 0. The fraction of sp³-hybridized carbons (Fsp3) is 0.600. The molecule has 0 aromatic heterocycles. The molecule has 3 heteroatoms. The third-order valence-electron chi connectivity index (χ3n) is 4.05. The SMILES string of the molecule is CNC1(CO)CCCN(CCc2ccccc2)C1. The summed E-state index contributed by atoms with van der Waals surface area (Å²) in [6.45, 7) is 3.40. The Morgan fingerprint density at radius 2 is 2.11 bits per heavy atom. The second kappa shape index (κ2) is 6.32. The molecular formula is C15H24N2O. The molecule has 1 aromatic carbocycles. The molecule has 1 fully saturated rings. The van der Waals surface area contributed by atoms with Gasteiger partial charge in [-0.2, -0.15) is 0 Å². The zero-order chi connectivity index (χ0) is 12.8. The molecule has 1 aromatic rings. The van der Waals surface area contributed by atoms with Crippen LogP contribution in [0.3, 0.4) is 0 Å². The minimum absolute atomic E-state index is 0.0884. The van der Waals surface area contributed by atoms with Crippen LogP contribution in [0.25, 0.3) is 0 Å². The van der Waals surface area contributed by atoms with Crippen LogP contribution in [-0.2, 0) is 6.42 Å². The molecule has 0 amide bonds. The third-order valence-corrected chi connectivity index (χ3v) is 4.05. The van der Waals surface area contributed by atoms with Crippen molar-refractivity contribution in [2.24, 2.45) is 0 Å². The van der Waals surface area contributed by atoms with E-state index in [9.17, 15) is 5.11 Å². The summed E-state index contributed by atoms with van der Waals surface area (Å²) in [5.74, 6) is 0. The van der Waals surface area contributed by atoms with E-state index in [0.29, 0.717) is 0 Å². The number of piperidine rings is 1. The Hall–Kier alpha value is -0.900. The van der Waals surface area contributed by atoms with E-state index >= 15 is 0 Å². The van der Waals surface area contributed by atoms with Crippen molar-refractivity contribution >= 4 is 0 Å². The smallest absolute Gasteiger partial charge is 0.0625 e. The number of hydrogen-bond donors (Lipinski definition) is 2. The molecule has 0 spiro atoms. The van der Waals surface area contributed by atoms with Gasteiger partial charge < -0.3 is 15.3 Å². The Bertz CT molecular complexity index is 349. The first kappa shape index (κ1) is 13.5. The molecule has 0 radical (unpaired) electrons. The van der Waals surface area contributed by atoms with Gasteiger partial charge in [0.15, 0.2) is 0 Å². The van der Waals surface area contributed by atoms with Crippen molar-refractivity contribution in [1.82, 2.24) is 10.2 Å². The normalized spacial score (nSPS) is 25.2. The zero-order valence-electron chi connectivity index (χ0n) is 11.2. The fourth-order valence-electron chi connectivity index (χ4n) is 2.76. The summed E-state index contributed by atoms with van der Waals surface area (Å²) in [4.78, 5) is 2.46. The Kier molecular flexibility index (Phi) is 4.75. The first-order chi connectivity index (χ1) is 8.78. The lowest BCUT2D eigenvalue weighted by atomic mass is 9.90. The van der Waals surface area contributed by atoms with Crippen LogP contribution in [0.1, 0.15) is 18.4 Å². The Labute approximate surface area is 110 Å². The monoisotopic (exact) mass is 248 g/mol. The molecule has 1 aliphatic heterocycles. The van der Waals surface area contributed by atoms with Gasteiger partial charge >= 0.3 is 0 Å². The van der Waals surface area contributed by atoms with Crippen LogP contribution in [0.5, 0.6) is 0 Å². The maximum atomic E-state index is 9.56. The number of hydrogen-bond acceptors (Lipinski definition) is 3. The van der Waals surface area contributed by atoms with Gasteiger partial charge in [0.2, 0.25) is 0 Å². The molecule has 2 rings (SSSR count). The maximum Gasteiger partial charge on any atom is 0.0625 e. The quantitative estimate of drug-likeness (QED) is 0.824. The van der Waals surface area contributed by atoms with Gasteiger partial charge in [-0.3, -0.25) is 0 Å². The van der Waals surface area contributed by atoms with Crippen molar-refractivity contribution in [2.45, 2.75) is 24.8 Å². The Morgan fingerprint density at radius 3 is 2.78 bits per heavy atom. The lowest BCUT2D eigenvalue weighted by molar-refractivity contribution is 0.0735. The number of nitrogens with one attached hydrogen (secondary N) is 1. The van der Waals surface area contributed by atoms with Crippen LogP contribution in [0, 0.1) is 0 Å². The Balaban J connectivity index is 1.86. The zero-order valence-corrected chi connectivity index (χ0v) is 11.2. The lowest BCUT2D eigenvalue weighted by Gasteiger charge is -2.41. The van der Waals surface area contributed by atoms with Crippen LogP contribution < -0.4 is 5.32 Å². The van der Waals surface area contributed by atoms with Crippen molar-refractivity contribution in [3.05, 3.63) is 35.9 Å². The van der Waals surface area contributed by atoms with Crippen molar-refractivity contribution in [1.29, 1.82) is 0 Å². The van der Waals surface area contributed by atoms with Gasteiger partial charge in [-0.1, -0.05) is 30.3 Å². The molecule has 0 saturated carbocycles. The van der Waals surface area contributed by atoms with E-state index in [4.69, 9.17) is 0 Å². The van der Waals surface area contributed by atoms with Crippen molar-refractivity contribution in [2.75, 3.05) is 33.3 Å². The van der Waals surface area contributed by atoms with E-state index in [1.807, 2.05) is 7.05 Å². The molecule has 1 unspecified atom stereocenters. The molecule has 1 aliphatic rings. The average molecular weight is 248 g/mol. The maximum absolute atomic E-state index is 9.56. The average Bonchev–Trinajstić information content (AvgIpc) is 2.46. The largest absolute Gasteiger partial charge is 0.394 e. The van der Waals surface area contributed by atoms with Gasteiger partial charge in [0, 0.05) is 13.1 Å². The van der Waals surface area contributed by atoms with Gasteiger partial charge in [0.05, 0.1) is 12.1 Å². The summed E-state index contributed by atoms with van der Waals surface area (Å²) in [6, 6.07) is 10.6. The molecule has 100 valence electrons. The van der Waals surface area contributed by atoms with Gasteiger partial charge in [-0.05, 0) is 38.4 Å². The van der Waals surface area contributed by atoms with Crippen molar-refractivity contribution in [3.8, 4) is 0 Å². The first-order valence-corrected chi connectivity index (χ1v) is 6.84. The second-order valence-corrected chi connectivity index (χ2v) is 5.30. The summed E-state index contributed by atoms with van der Waals surface area (Å²) in [6.07, 6.45) is 3.32. The van der Waals surface area contributed by atoms with Crippen LogP contribution in [0.2, 0.25) is 0 Å². The van der Waals surface area contributed by atoms with Crippen LogP contribution >= 0.6 is 0 Å². The van der Waals surface area contributed by atoms with Gasteiger partial charge in [-0.25, -0.2) is 0 Å². The number of likely N-dealkylation sites (N-methyl/N-ethyl adjacent to an activating group) is 1. The first-order valence-electron chi connectivity index (χ1n) is 6.84. The highest BCUT2D eigenvalue weighted by atomic mass is 16.3. The van der Waals surface area contributed by atoms with E-state index in [-0.39, 0.29) is 12.1 Å². The van der Waals surface area contributed by atoms with Crippen LogP contribution in [0.15, 0.2) is 30.3 Å². The van der Waals surface area contributed by atoms with E-state index in [1.54, 1.807) is 0 Å². The van der Waals surface area contributed by atoms with Crippen LogP contribution in [-0.4, -0.2) is 48.8 Å². The molecular weight excluding hydrogens is 224 g/mol. The summed E-state index contributed by atoms with van der Waals surface area (Å²) in [7, 11) is 1.96. The predicted octanol–water partition coefficient (Wildman–Crippen LogP) is 1.28. The van der Waals surface area contributed by atoms with Gasteiger partial charge in [0.25, 0.3) is 0 Å². The molecule has 1 heterocycles. The molecule has 1 saturated heterocycles. The van der Waals surface area contributed by atoms with Gasteiger partial charge in [0.1, 0.15) is 0 Å². The molecule has 1 atom stereocenters.